The summed E-state index contributed by atoms with van der Waals surface area (Å²) >= 11 is 5.82. The van der Waals surface area contributed by atoms with Crippen molar-refractivity contribution in [2.45, 2.75) is 52.6 Å². The molecule has 0 radical (unpaired) electrons. The van der Waals surface area contributed by atoms with Crippen molar-refractivity contribution in [3.05, 3.63) is 34.9 Å². The maximum atomic E-state index is 12.5. The second kappa shape index (κ2) is 10.8. The molecule has 1 aromatic rings. The summed E-state index contributed by atoms with van der Waals surface area (Å²) in [7, 11) is 0. The molecule has 0 fully saturated rings. The Balaban J connectivity index is 2.74. The standard InChI is InChI=1S/C21H28ClN3O4/c1-13(2)10-17(24-19(27)15-6-8-16(22)9-7-15)20(28)29-11-18(26)25-21(5,12-23)14(3)4/h6-9,13-14,17H,10-11H2,1-5H3,(H,24,27)(H,25,26)/t17-,21+/m1/s1. The molecule has 0 saturated carbocycles. The highest BCUT2D eigenvalue weighted by Gasteiger charge is 2.31. The molecule has 0 aliphatic carbocycles. The number of carbonyl (C=O) groups excluding carboxylic acids is 3. The number of benzene rings is 1. The van der Waals surface area contributed by atoms with Crippen molar-refractivity contribution in [2.24, 2.45) is 11.8 Å². The minimum Gasteiger partial charge on any atom is -0.454 e. The van der Waals surface area contributed by atoms with Crippen molar-refractivity contribution in [1.29, 1.82) is 5.26 Å². The Morgan fingerprint density at radius 3 is 2.24 bits per heavy atom. The zero-order chi connectivity index (χ0) is 22.2. The summed E-state index contributed by atoms with van der Waals surface area (Å²) in [6.45, 7) is 8.49. The third kappa shape index (κ3) is 7.74. The van der Waals surface area contributed by atoms with Gasteiger partial charge in [-0.25, -0.2) is 4.79 Å². The highest BCUT2D eigenvalue weighted by atomic mass is 35.5. The van der Waals surface area contributed by atoms with Crippen LogP contribution in [0.2, 0.25) is 5.02 Å². The Bertz CT molecular complexity index is 771. The van der Waals surface area contributed by atoms with Crippen LogP contribution in [0.4, 0.5) is 0 Å². The van der Waals surface area contributed by atoms with E-state index >= 15 is 0 Å². The minimum atomic E-state index is -1.07. The maximum absolute atomic E-state index is 12.5. The van der Waals surface area contributed by atoms with E-state index < -0.39 is 36.0 Å². The van der Waals surface area contributed by atoms with Gasteiger partial charge in [-0.2, -0.15) is 5.26 Å². The van der Waals surface area contributed by atoms with E-state index in [9.17, 15) is 19.6 Å². The fourth-order valence-electron chi connectivity index (χ4n) is 2.39. The van der Waals surface area contributed by atoms with E-state index in [1.807, 2.05) is 13.8 Å². The number of carbonyl (C=O) groups is 3. The van der Waals surface area contributed by atoms with Crippen LogP contribution in [-0.4, -0.2) is 36.0 Å². The highest BCUT2D eigenvalue weighted by Crippen LogP contribution is 2.15. The number of hydrogen-bond donors (Lipinski definition) is 2. The van der Waals surface area contributed by atoms with Crippen molar-refractivity contribution >= 4 is 29.4 Å². The number of halogens is 1. The van der Waals surface area contributed by atoms with E-state index in [-0.39, 0.29) is 11.8 Å². The quantitative estimate of drug-likeness (QED) is 0.595. The van der Waals surface area contributed by atoms with Gasteiger partial charge in [0.1, 0.15) is 11.6 Å². The molecule has 158 valence electrons. The van der Waals surface area contributed by atoms with Gasteiger partial charge >= 0.3 is 5.97 Å². The van der Waals surface area contributed by atoms with Gasteiger partial charge in [-0.3, -0.25) is 9.59 Å². The molecule has 1 aromatic carbocycles. The van der Waals surface area contributed by atoms with Crippen LogP contribution in [0.5, 0.6) is 0 Å². The molecule has 0 bridgehead atoms. The van der Waals surface area contributed by atoms with Gasteiger partial charge in [-0.05, 0) is 49.4 Å². The zero-order valence-electron chi connectivity index (χ0n) is 17.4. The van der Waals surface area contributed by atoms with Gasteiger partial charge in [0.15, 0.2) is 6.61 Å². The molecule has 7 nitrogen and oxygen atoms in total. The van der Waals surface area contributed by atoms with Crippen molar-refractivity contribution in [2.75, 3.05) is 6.61 Å². The SMILES string of the molecule is CC(C)C[C@@H](NC(=O)c1ccc(Cl)cc1)C(=O)OCC(=O)N[C@@](C)(C#N)C(C)C. The second-order valence-corrected chi connectivity index (χ2v) is 8.22. The molecule has 8 heteroatoms. The Hall–Kier alpha value is -2.59. The molecule has 2 amide bonds. The first-order valence-corrected chi connectivity index (χ1v) is 9.81. The first-order chi connectivity index (χ1) is 13.5. The number of ether oxygens (including phenoxy) is 1. The first-order valence-electron chi connectivity index (χ1n) is 9.43. The Morgan fingerprint density at radius 2 is 1.76 bits per heavy atom. The Morgan fingerprint density at radius 1 is 1.17 bits per heavy atom. The predicted molar refractivity (Wildman–Crippen MR) is 110 cm³/mol. The molecule has 0 aromatic heterocycles. The molecule has 2 N–H and O–H groups in total. The lowest BCUT2D eigenvalue weighted by atomic mass is 9.90. The van der Waals surface area contributed by atoms with Crippen LogP contribution in [0.15, 0.2) is 24.3 Å². The van der Waals surface area contributed by atoms with E-state index in [4.69, 9.17) is 16.3 Å². The van der Waals surface area contributed by atoms with Gasteiger partial charge in [0.2, 0.25) is 0 Å². The maximum Gasteiger partial charge on any atom is 0.329 e. The van der Waals surface area contributed by atoms with E-state index in [0.717, 1.165) is 0 Å². The van der Waals surface area contributed by atoms with Crippen LogP contribution in [0.25, 0.3) is 0 Å². The molecular formula is C21H28ClN3O4. The van der Waals surface area contributed by atoms with Gasteiger partial charge in [-0.15, -0.1) is 0 Å². The van der Waals surface area contributed by atoms with E-state index in [1.54, 1.807) is 45.0 Å². The van der Waals surface area contributed by atoms with Crippen LogP contribution < -0.4 is 10.6 Å². The average molecular weight is 422 g/mol. The van der Waals surface area contributed by atoms with E-state index in [0.29, 0.717) is 17.0 Å². The number of esters is 1. The highest BCUT2D eigenvalue weighted by molar-refractivity contribution is 6.30. The molecule has 0 spiro atoms. The largest absolute Gasteiger partial charge is 0.454 e. The van der Waals surface area contributed by atoms with Crippen molar-refractivity contribution in [3.8, 4) is 6.07 Å². The van der Waals surface area contributed by atoms with Crippen molar-refractivity contribution in [3.63, 3.8) is 0 Å². The average Bonchev–Trinajstić information content (AvgIpc) is 2.65. The molecule has 0 heterocycles. The summed E-state index contributed by atoms with van der Waals surface area (Å²) < 4.78 is 5.10. The second-order valence-electron chi connectivity index (χ2n) is 7.79. The van der Waals surface area contributed by atoms with Gasteiger partial charge < -0.3 is 15.4 Å². The summed E-state index contributed by atoms with van der Waals surface area (Å²) in [5, 5.41) is 15.0. The van der Waals surface area contributed by atoms with Crippen molar-refractivity contribution < 1.29 is 19.1 Å². The van der Waals surface area contributed by atoms with Crippen LogP contribution in [0, 0.1) is 23.2 Å². The van der Waals surface area contributed by atoms with Crippen LogP contribution in [0.3, 0.4) is 0 Å². The lowest BCUT2D eigenvalue weighted by Gasteiger charge is -2.27. The van der Waals surface area contributed by atoms with E-state index in [1.165, 1.54) is 0 Å². The molecule has 29 heavy (non-hydrogen) atoms. The summed E-state index contributed by atoms with van der Waals surface area (Å²) in [5.74, 6) is -1.75. The summed E-state index contributed by atoms with van der Waals surface area (Å²) in [6, 6.07) is 7.42. The summed E-state index contributed by atoms with van der Waals surface area (Å²) in [6.07, 6.45) is 0.349. The van der Waals surface area contributed by atoms with Gasteiger partial charge in [-0.1, -0.05) is 39.3 Å². The van der Waals surface area contributed by atoms with Gasteiger partial charge in [0.25, 0.3) is 11.8 Å². The number of nitriles is 1. The number of hydrogen-bond acceptors (Lipinski definition) is 5. The van der Waals surface area contributed by atoms with Crippen LogP contribution in [-0.2, 0) is 14.3 Å². The van der Waals surface area contributed by atoms with Gasteiger partial charge in [0, 0.05) is 10.6 Å². The third-order valence-electron chi connectivity index (χ3n) is 4.53. The van der Waals surface area contributed by atoms with Gasteiger partial charge in [0.05, 0.1) is 6.07 Å². The first kappa shape index (κ1) is 24.4. The molecule has 0 saturated heterocycles. The molecule has 0 aliphatic rings. The number of nitrogens with one attached hydrogen (secondary N) is 2. The normalized spacial score (nSPS) is 13.9. The molecular weight excluding hydrogens is 394 g/mol. The monoisotopic (exact) mass is 421 g/mol. The number of amides is 2. The van der Waals surface area contributed by atoms with Crippen molar-refractivity contribution in [1.82, 2.24) is 10.6 Å². The smallest absolute Gasteiger partial charge is 0.329 e. The molecule has 1 rings (SSSR count). The lowest BCUT2D eigenvalue weighted by Crippen LogP contribution is -2.50. The molecule has 2 atom stereocenters. The summed E-state index contributed by atoms with van der Waals surface area (Å²) in [4.78, 5) is 37.0. The number of rotatable bonds is 9. The minimum absolute atomic E-state index is 0.106. The molecule has 0 unspecified atom stereocenters. The topological polar surface area (TPSA) is 108 Å². The lowest BCUT2D eigenvalue weighted by molar-refractivity contribution is -0.151. The van der Waals surface area contributed by atoms with Crippen LogP contribution >= 0.6 is 11.6 Å². The molecule has 0 aliphatic heterocycles. The fourth-order valence-corrected chi connectivity index (χ4v) is 2.52. The fraction of sp³-hybridized carbons (Fsp3) is 0.524. The Labute approximate surface area is 176 Å². The van der Waals surface area contributed by atoms with E-state index in [2.05, 4.69) is 16.7 Å². The predicted octanol–water partition coefficient (Wildman–Crippen LogP) is 3.08. The summed E-state index contributed by atoms with van der Waals surface area (Å²) in [5.41, 5.74) is -0.709. The number of nitrogens with zero attached hydrogens (tertiary/aromatic N) is 1. The zero-order valence-corrected chi connectivity index (χ0v) is 18.2. The third-order valence-corrected chi connectivity index (χ3v) is 4.79. The van der Waals surface area contributed by atoms with Crippen LogP contribution in [0.1, 0.15) is 51.4 Å². The Kier molecular flexibility index (Phi) is 9.12.